The number of likely N-dealkylation sites (tertiary alicyclic amines) is 1. The van der Waals surface area contributed by atoms with Gasteiger partial charge in [-0.05, 0) is 44.9 Å². The van der Waals surface area contributed by atoms with Crippen LogP contribution in [0.2, 0.25) is 0 Å². The zero-order valence-corrected chi connectivity index (χ0v) is 13.1. The van der Waals surface area contributed by atoms with Gasteiger partial charge in [0.25, 0.3) is 0 Å². The van der Waals surface area contributed by atoms with Crippen LogP contribution in [0.4, 0.5) is 4.39 Å². The third-order valence-corrected chi connectivity index (χ3v) is 3.84. The van der Waals surface area contributed by atoms with E-state index in [9.17, 15) is 9.18 Å². The molecule has 5 heteroatoms. The Morgan fingerprint density at radius 1 is 1.41 bits per heavy atom. The fourth-order valence-electron chi connectivity index (χ4n) is 2.74. The molecule has 0 spiro atoms. The summed E-state index contributed by atoms with van der Waals surface area (Å²) in [7, 11) is 0. The monoisotopic (exact) mass is 309 g/mol. The lowest BCUT2D eigenvalue weighted by Crippen LogP contribution is -2.40. The number of carbonyl (C=O) groups excluding carboxylic acids is 1. The van der Waals surface area contributed by atoms with E-state index in [4.69, 9.17) is 9.47 Å². The van der Waals surface area contributed by atoms with E-state index in [1.807, 2.05) is 6.92 Å². The maximum absolute atomic E-state index is 13.4. The van der Waals surface area contributed by atoms with Crippen molar-refractivity contribution >= 4 is 5.97 Å². The van der Waals surface area contributed by atoms with Gasteiger partial charge in [-0.2, -0.15) is 0 Å². The third-order valence-electron chi connectivity index (χ3n) is 3.84. The van der Waals surface area contributed by atoms with Gasteiger partial charge in [-0.3, -0.25) is 4.79 Å². The Bertz CT molecular complexity index is 481. The summed E-state index contributed by atoms with van der Waals surface area (Å²) in [6.07, 6.45) is 2.72. The Kier molecular flexibility index (Phi) is 6.65. The number of hydrogen-bond donors (Lipinski definition) is 0. The summed E-state index contributed by atoms with van der Waals surface area (Å²) >= 11 is 0. The van der Waals surface area contributed by atoms with Crippen molar-refractivity contribution in [2.45, 2.75) is 26.2 Å². The summed E-state index contributed by atoms with van der Waals surface area (Å²) in [6, 6.07) is 6.43. The van der Waals surface area contributed by atoms with Crippen LogP contribution in [-0.2, 0) is 9.53 Å². The van der Waals surface area contributed by atoms with Crippen molar-refractivity contribution in [3.8, 4) is 5.75 Å². The first-order chi connectivity index (χ1) is 10.7. The summed E-state index contributed by atoms with van der Waals surface area (Å²) in [4.78, 5) is 14.0. The first kappa shape index (κ1) is 16.7. The third kappa shape index (κ3) is 4.98. The van der Waals surface area contributed by atoms with Gasteiger partial charge in [-0.25, -0.2) is 4.39 Å². The molecule has 1 saturated heterocycles. The number of hydrogen-bond acceptors (Lipinski definition) is 4. The summed E-state index contributed by atoms with van der Waals surface area (Å²) in [5.41, 5.74) is 0. The lowest BCUT2D eigenvalue weighted by atomic mass is 9.98. The van der Waals surface area contributed by atoms with Gasteiger partial charge in [-0.1, -0.05) is 12.1 Å². The summed E-state index contributed by atoms with van der Waals surface area (Å²) in [5, 5.41) is 0. The van der Waals surface area contributed by atoms with Crippen molar-refractivity contribution in [3.05, 3.63) is 30.1 Å². The Morgan fingerprint density at radius 3 is 3.00 bits per heavy atom. The number of piperidine rings is 1. The van der Waals surface area contributed by atoms with Gasteiger partial charge in [0.15, 0.2) is 11.6 Å². The number of esters is 1. The van der Waals surface area contributed by atoms with Crippen molar-refractivity contribution in [2.24, 2.45) is 5.92 Å². The highest BCUT2D eigenvalue weighted by atomic mass is 19.1. The van der Waals surface area contributed by atoms with E-state index >= 15 is 0 Å². The van der Waals surface area contributed by atoms with Crippen LogP contribution in [0.5, 0.6) is 5.75 Å². The van der Waals surface area contributed by atoms with E-state index in [-0.39, 0.29) is 17.7 Å². The molecular weight excluding hydrogens is 285 g/mol. The highest BCUT2D eigenvalue weighted by Gasteiger charge is 2.26. The van der Waals surface area contributed by atoms with E-state index in [0.29, 0.717) is 19.0 Å². The second-order valence-electron chi connectivity index (χ2n) is 5.52. The zero-order valence-electron chi connectivity index (χ0n) is 13.1. The lowest BCUT2D eigenvalue weighted by Gasteiger charge is -2.31. The average Bonchev–Trinajstić information content (AvgIpc) is 2.54. The van der Waals surface area contributed by atoms with E-state index in [2.05, 4.69) is 4.90 Å². The fourth-order valence-corrected chi connectivity index (χ4v) is 2.74. The van der Waals surface area contributed by atoms with Gasteiger partial charge in [0.05, 0.1) is 19.1 Å². The van der Waals surface area contributed by atoms with Crippen LogP contribution in [0.3, 0.4) is 0 Å². The molecule has 22 heavy (non-hydrogen) atoms. The maximum Gasteiger partial charge on any atom is 0.310 e. The van der Waals surface area contributed by atoms with Gasteiger partial charge in [0.2, 0.25) is 0 Å². The van der Waals surface area contributed by atoms with Gasteiger partial charge in [-0.15, -0.1) is 0 Å². The molecule has 1 aromatic rings. The lowest BCUT2D eigenvalue weighted by molar-refractivity contribution is -0.149. The van der Waals surface area contributed by atoms with Crippen LogP contribution in [0.1, 0.15) is 26.2 Å². The smallest absolute Gasteiger partial charge is 0.310 e. The second-order valence-corrected chi connectivity index (χ2v) is 5.52. The summed E-state index contributed by atoms with van der Waals surface area (Å²) in [5.74, 6) is -0.135. The molecule has 0 amide bonds. The van der Waals surface area contributed by atoms with E-state index < -0.39 is 0 Å². The van der Waals surface area contributed by atoms with E-state index in [1.165, 1.54) is 6.07 Å². The van der Waals surface area contributed by atoms with Gasteiger partial charge in [0, 0.05) is 13.1 Å². The minimum Gasteiger partial charge on any atom is -0.490 e. The van der Waals surface area contributed by atoms with Crippen molar-refractivity contribution in [3.63, 3.8) is 0 Å². The minimum atomic E-state index is -0.331. The molecular formula is C17H24FNO3. The predicted octanol–water partition coefficient (Wildman–Crippen LogP) is 2.87. The molecule has 4 nitrogen and oxygen atoms in total. The standard InChI is InChI=1S/C17H24FNO3/c1-2-21-17(20)14-7-5-10-19(13-14)11-6-12-22-16-9-4-3-8-15(16)18/h3-4,8-9,14H,2,5-7,10-13H2,1H3/t14-/m1/s1. The van der Waals surface area contributed by atoms with Gasteiger partial charge in [0.1, 0.15) is 0 Å². The summed E-state index contributed by atoms with van der Waals surface area (Å²) in [6.45, 7) is 5.34. The molecule has 1 heterocycles. The van der Waals surface area contributed by atoms with Crippen molar-refractivity contribution in [1.82, 2.24) is 4.90 Å². The van der Waals surface area contributed by atoms with Crippen LogP contribution in [0, 0.1) is 11.7 Å². The zero-order chi connectivity index (χ0) is 15.8. The van der Waals surface area contributed by atoms with Crippen LogP contribution >= 0.6 is 0 Å². The van der Waals surface area contributed by atoms with Gasteiger partial charge >= 0.3 is 5.97 Å². The van der Waals surface area contributed by atoms with Crippen LogP contribution in [-0.4, -0.2) is 43.7 Å². The Labute approximate surface area is 131 Å². The molecule has 0 aliphatic carbocycles. The number of nitrogens with zero attached hydrogens (tertiary/aromatic N) is 1. The molecule has 1 aliphatic rings. The number of rotatable bonds is 7. The highest BCUT2D eigenvalue weighted by Crippen LogP contribution is 2.19. The molecule has 0 saturated carbocycles. The maximum atomic E-state index is 13.4. The number of benzene rings is 1. The topological polar surface area (TPSA) is 38.8 Å². The molecule has 0 unspecified atom stereocenters. The van der Waals surface area contributed by atoms with Crippen LogP contribution in [0.15, 0.2) is 24.3 Å². The Balaban J connectivity index is 1.68. The van der Waals surface area contributed by atoms with Crippen molar-refractivity contribution in [2.75, 3.05) is 32.8 Å². The predicted molar refractivity (Wildman–Crippen MR) is 82.3 cm³/mol. The van der Waals surface area contributed by atoms with Crippen LogP contribution in [0.25, 0.3) is 0 Å². The number of carbonyl (C=O) groups is 1. The van der Waals surface area contributed by atoms with Crippen LogP contribution < -0.4 is 4.74 Å². The molecule has 1 fully saturated rings. The normalized spacial score (nSPS) is 18.9. The van der Waals surface area contributed by atoms with E-state index in [0.717, 1.165) is 38.9 Å². The minimum absolute atomic E-state index is 0.0128. The molecule has 1 atom stereocenters. The van der Waals surface area contributed by atoms with Crippen molar-refractivity contribution in [1.29, 1.82) is 0 Å². The van der Waals surface area contributed by atoms with Crippen molar-refractivity contribution < 1.29 is 18.7 Å². The quantitative estimate of drug-likeness (QED) is 0.573. The highest BCUT2D eigenvalue weighted by molar-refractivity contribution is 5.72. The van der Waals surface area contributed by atoms with E-state index in [1.54, 1.807) is 18.2 Å². The average molecular weight is 309 g/mol. The SMILES string of the molecule is CCOC(=O)[C@@H]1CCCN(CCCOc2ccccc2F)C1. The molecule has 1 aliphatic heterocycles. The second kappa shape index (κ2) is 8.73. The number of para-hydroxylation sites is 1. The largest absolute Gasteiger partial charge is 0.490 e. The molecule has 0 bridgehead atoms. The number of halogens is 1. The molecule has 1 aromatic carbocycles. The molecule has 122 valence electrons. The number of ether oxygens (including phenoxy) is 2. The molecule has 2 rings (SSSR count). The molecule has 0 N–H and O–H groups in total. The molecule has 0 radical (unpaired) electrons. The molecule has 0 aromatic heterocycles. The Morgan fingerprint density at radius 2 is 2.23 bits per heavy atom. The summed E-state index contributed by atoms with van der Waals surface area (Å²) < 4.78 is 23.9. The first-order valence-corrected chi connectivity index (χ1v) is 7.97. The first-order valence-electron chi connectivity index (χ1n) is 7.97. The fraction of sp³-hybridized carbons (Fsp3) is 0.588. The Hall–Kier alpha value is -1.62. The van der Waals surface area contributed by atoms with Gasteiger partial charge < -0.3 is 14.4 Å².